The molecule has 1 aliphatic heterocycles. The minimum absolute atomic E-state index is 0.187. The number of rotatable bonds is 2. The van der Waals surface area contributed by atoms with Crippen LogP contribution in [0.2, 0.25) is 0 Å². The zero-order valence-corrected chi connectivity index (χ0v) is 12.3. The van der Waals surface area contributed by atoms with Crippen LogP contribution in [0, 0.1) is 5.92 Å². The van der Waals surface area contributed by atoms with Gasteiger partial charge < -0.3 is 4.90 Å². The summed E-state index contributed by atoms with van der Waals surface area (Å²) in [6.45, 7) is 0.775. The first-order valence-electron chi connectivity index (χ1n) is 6.71. The predicted molar refractivity (Wildman–Crippen MR) is 78.0 cm³/mol. The molecule has 3 rings (SSSR count). The molecule has 1 aliphatic carbocycles. The van der Waals surface area contributed by atoms with Gasteiger partial charge >= 0.3 is 0 Å². The molecule has 100 valence electrons. The molecule has 1 fully saturated rings. The maximum absolute atomic E-state index is 12.0. The highest BCUT2D eigenvalue weighted by Gasteiger charge is 2.30. The van der Waals surface area contributed by atoms with E-state index in [0.717, 1.165) is 41.5 Å². The summed E-state index contributed by atoms with van der Waals surface area (Å²) in [4.78, 5) is 25.7. The average Bonchev–Trinajstić information content (AvgIpc) is 2.80. The summed E-state index contributed by atoms with van der Waals surface area (Å²) < 4.78 is 0. The number of hydrogen-bond acceptors (Lipinski definition) is 2. The van der Waals surface area contributed by atoms with Gasteiger partial charge in [0.2, 0.25) is 5.91 Å². The van der Waals surface area contributed by atoms with Crippen molar-refractivity contribution in [2.75, 3.05) is 16.8 Å². The van der Waals surface area contributed by atoms with Crippen molar-refractivity contribution in [2.45, 2.75) is 25.7 Å². The Balaban J connectivity index is 1.90. The summed E-state index contributed by atoms with van der Waals surface area (Å²) in [5.41, 5.74) is 2.89. The Hall–Kier alpha value is -1.16. The van der Waals surface area contributed by atoms with Crippen LogP contribution in [0.5, 0.6) is 0 Å². The molecule has 0 spiro atoms. The fourth-order valence-electron chi connectivity index (χ4n) is 2.94. The maximum Gasteiger partial charge on any atom is 0.227 e. The highest BCUT2D eigenvalue weighted by Crippen LogP contribution is 2.30. The summed E-state index contributed by atoms with van der Waals surface area (Å²) in [6.07, 6.45) is 3.13. The topological polar surface area (TPSA) is 37.4 Å². The Labute approximate surface area is 121 Å². The van der Waals surface area contributed by atoms with E-state index < -0.39 is 0 Å². The molecule has 0 aromatic heterocycles. The van der Waals surface area contributed by atoms with Crippen LogP contribution < -0.4 is 4.90 Å². The number of nitrogens with zero attached hydrogens (tertiary/aromatic N) is 1. The van der Waals surface area contributed by atoms with Gasteiger partial charge in [0, 0.05) is 36.0 Å². The van der Waals surface area contributed by atoms with Crippen molar-refractivity contribution >= 4 is 33.3 Å². The predicted octanol–water partition coefficient (Wildman–Crippen LogP) is 2.95. The van der Waals surface area contributed by atoms with Crippen molar-refractivity contribution in [1.82, 2.24) is 0 Å². The summed E-state index contributed by atoms with van der Waals surface area (Å²) >= 11 is 3.45. The molecule has 1 unspecified atom stereocenters. The molecular weight excluding hydrogens is 306 g/mol. The molecule has 0 N–H and O–H groups in total. The van der Waals surface area contributed by atoms with E-state index >= 15 is 0 Å². The van der Waals surface area contributed by atoms with E-state index in [-0.39, 0.29) is 11.7 Å². The highest BCUT2D eigenvalue weighted by atomic mass is 79.9. The van der Waals surface area contributed by atoms with Gasteiger partial charge in [0.25, 0.3) is 0 Å². The second-order valence-corrected chi connectivity index (χ2v) is 5.99. The fraction of sp³-hybridized carbons (Fsp3) is 0.467. The van der Waals surface area contributed by atoms with E-state index in [2.05, 4.69) is 15.9 Å². The second-order valence-electron chi connectivity index (χ2n) is 5.35. The van der Waals surface area contributed by atoms with Gasteiger partial charge in [-0.15, -0.1) is 0 Å². The molecule has 2 aliphatic rings. The lowest BCUT2D eigenvalue weighted by Crippen LogP contribution is -2.25. The Kier molecular flexibility index (Phi) is 3.44. The molecule has 1 aromatic carbocycles. The van der Waals surface area contributed by atoms with Gasteiger partial charge in [-0.3, -0.25) is 9.59 Å². The van der Waals surface area contributed by atoms with Crippen LogP contribution in [0.15, 0.2) is 18.2 Å². The number of fused-ring (bicyclic) bond motifs is 1. The van der Waals surface area contributed by atoms with E-state index in [0.29, 0.717) is 18.8 Å². The van der Waals surface area contributed by atoms with Gasteiger partial charge in [0.1, 0.15) is 0 Å². The average molecular weight is 322 g/mol. The quantitative estimate of drug-likeness (QED) is 0.785. The van der Waals surface area contributed by atoms with Crippen molar-refractivity contribution in [2.24, 2.45) is 5.92 Å². The van der Waals surface area contributed by atoms with Crippen molar-refractivity contribution in [1.29, 1.82) is 0 Å². The SMILES string of the molecule is O=C1CCCc2cc(N3CC(CBr)CC3=O)ccc21. The number of amides is 1. The highest BCUT2D eigenvalue weighted by molar-refractivity contribution is 9.09. The van der Waals surface area contributed by atoms with Gasteiger partial charge in [-0.05, 0) is 42.5 Å². The van der Waals surface area contributed by atoms with Crippen LogP contribution in [0.3, 0.4) is 0 Å². The summed E-state index contributed by atoms with van der Waals surface area (Å²) in [5.74, 6) is 0.815. The number of Topliss-reactive ketones (excluding diaryl/α,β-unsaturated/α-hetero) is 1. The fourth-order valence-corrected chi connectivity index (χ4v) is 3.37. The first-order valence-corrected chi connectivity index (χ1v) is 7.83. The van der Waals surface area contributed by atoms with Crippen molar-refractivity contribution in [3.63, 3.8) is 0 Å². The Bertz CT molecular complexity index is 541. The van der Waals surface area contributed by atoms with E-state index in [1.54, 1.807) is 0 Å². The van der Waals surface area contributed by atoms with Crippen LogP contribution >= 0.6 is 15.9 Å². The lowest BCUT2D eigenvalue weighted by atomic mass is 9.90. The molecule has 1 saturated heterocycles. The zero-order valence-electron chi connectivity index (χ0n) is 10.7. The molecule has 19 heavy (non-hydrogen) atoms. The van der Waals surface area contributed by atoms with E-state index in [1.807, 2.05) is 23.1 Å². The number of halogens is 1. The standard InChI is InChI=1S/C15H16BrNO2/c16-8-10-6-15(19)17(9-10)12-4-5-13-11(7-12)2-1-3-14(13)18/h4-5,7,10H,1-3,6,8-9H2. The van der Waals surface area contributed by atoms with Crippen molar-refractivity contribution < 1.29 is 9.59 Å². The first kappa shape index (κ1) is 12.9. The summed E-state index contributed by atoms with van der Waals surface area (Å²) in [6, 6.07) is 5.83. The molecule has 1 amide bonds. The number of hydrogen-bond donors (Lipinski definition) is 0. The molecule has 0 saturated carbocycles. The van der Waals surface area contributed by atoms with Gasteiger partial charge in [0.15, 0.2) is 5.78 Å². The van der Waals surface area contributed by atoms with Crippen LogP contribution in [0.25, 0.3) is 0 Å². The second kappa shape index (κ2) is 5.08. The van der Waals surface area contributed by atoms with Crippen LogP contribution in [0.4, 0.5) is 5.69 Å². The third kappa shape index (κ3) is 2.34. The largest absolute Gasteiger partial charge is 0.312 e. The smallest absolute Gasteiger partial charge is 0.227 e. The molecule has 0 radical (unpaired) electrons. The van der Waals surface area contributed by atoms with Gasteiger partial charge in [-0.1, -0.05) is 15.9 Å². The molecule has 1 aromatic rings. The summed E-state index contributed by atoms with van der Waals surface area (Å²) in [5, 5.41) is 0.860. The van der Waals surface area contributed by atoms with Crippen molar-refractivity contribution in [3.8, 4) is 0 Å². The van der Waals surface area contributed by atoms with Crippen LogP contribution in [-0.2, 0) is 11.2 Å². The normalized spacial score (nSPS) is 22.8. The van der Waals surface area contributed by atoms with Gasteiger partial charge in [-0.25, -0.2) is 0 Å². The molecular formula is C15H16BrNO2. The summed E-state index contributed by atoms with van der Waals surface area (Å²) in [7, 11) is 0. The Morgan fingerprint density at radius 1 is 1.26 bits per heavy atom. The number of aryl methyl sites for hydroxylation is 1. The lowest BCUT2D eigenvalue weighted by molar-refractivity contribution is -0.117. The first-order chi connectivity index (χ1) is 9.19. The van der Waals surface area contributed by atoms with Crippen LogP contribution in [0.1, 0.15) is 35.2 Å². The minimum Gasteiger partial charge on any atom is -0.312 e. The zero-order chi connectivity index (χ0) is 13.4. The Morgan fingerprint density at radius 2 is 2.11 bits per heavy atom. The molecule has 1 atom stereocenters. The number of ketones is 1. The third-order valence-electron chi connectivity index (χ3n) is 3.97. The van der Waals surface area contributed by atoms with Gasteiger partial charge in [0.05, 0.1) is 0 Å². The molecule has 0 bridgehead atoms. The monoisotopic (exact) mass is 321 g/mol. The van der Waals surface area contributed by atoms with E-state index in [4.69, 9.17) is 0 Å². The number of carbonyl (C=O) groups is 2. The van der Waals surface area contributed by atoms with E-state index in [1.165, 1.54) is 0 Å². The number of anilines is 1. The van der Waals surface area contributed by atoms with Crippen LogP contribution in [-0.4, -0.2) is 23.6 Å². The number of benzene rings is 1. The molecule has 4 heteroatoms. The minimum atomic E-state index is 0.187. The third-order valence-corrected chi connectivity index (χ3v) is 4.89. The van der Waals surface area contributed by atoms with Gasteiger partial charge in [-0.2, -0.15) is 0 Å². The number of carbonyl (C=O) groups excluding carboxylic acids is 2. The maximum atomic E-state index is 12.0. The Morgan fingerprint density at radius 3 is 2.84 bits per heavy atom. The molecule has 1 heterocycles. The van der Waals surface area contributed by atoms with E-state index in [9.17, 15) is 9.59 Å². The van der Waals surface area contributed by atoms with Crippen molar-refractivity contribution in [3.05, 3.63) is 29.3 Å². The molecule has 3 nitrogen and oxygen atoms in total. The lowest BCUT2D eigenvalue weighted by Gasteiger charge is -2.21. The number of alkyl halides is 1.